The van der Waals surface area contributed by atoms with Crippen LogP contribution in [-0.4, -0.2) is 24.5 Å². The number of hydrogen-bond donors (Lipinski definition) is 1. The predicted molar refractivity (Wildman–Crippen MR) is 142 cm³/mol. The van der Waals surface area contributed by atoms with E-state index in [0.717, 1.165) is 33.3 Å². The summed E-state index contributed by atoms with van der Waals surface area (Å²) in [7, 11) is 0. The standard InChI is InChI=1S/C30H30N2O3/c1-5-32(27-15-9-13-23-12-6-7-14-26(23)27)30(34)24-16-18-25(19-17-24)31-29(33)22(4)35-28-20(2)10-8-11-21(28)3/h6-19,22H,5H2,1-4H3,(H,31,33). The average molecular weight is 467 g/mol. The number of rotatable bonds is 7. The van der Waals surface area contributed by atoms with Gasteiger partial charge < -0.3 is 15.0 Å². The molecular formula is C30H30N2O3. The minimum Gasteiger partial charge on any atom is -0.480 e. The quantitative estimate of drug-likeness (QED) is 0.337. The Bertz CT molecular complexity index is 1340. The second-order valence-electron chi connectivity index (χ2n) is 8.60. The predicted octanol–water partition coefficient (Wildman–Crippen LogP) is 6.53. The fourth-order valence-corrected chi connectivity index (χ4v) is 4.18. The van der Waals surface area contributed by atoms with Crippen molar-refractivity contribution in [1.29, 1.82) is 0 Å². The van der Waals surface area contributed by atoms with E-state index in [1.54, 1.807) is 36.1 Å². The zero-order valence-corrected chi connectivity index (χ0v) is 20.5. The van der Waals surface area contributed by atoms with Crippen molar-refractivity contribution in [3.05, 3.63) is 102 Å². The molecule has 0 bridgehead atoms. The van der Waals surface area contributed by atoms with Gasteiger partial charge in [-0.2, -0.15) is 0 Å². The van der Waals surface area contributed by atoms with Gasteiger partial charge >= 0.3 is 0 Å². The van der Waals surface area contributed by atoms with Gasteiger partial charge in [-0.05, 0) is 74.5 Å². The van der Waals surface area contributed by atoms with Crippen LogP contribution in [-0.2, 0) is 4.79 Å². The Hall–Kier alpha value is -4.12. The first-order chi connectivity index (χ1) is 16.9. The maximum Gasteiger partial charge on any atom is 0.265 e. The third-order valence-electron chi connectivity index (χ3n) is 6.09. The lowest BCUT2D eigenvalue weighted by Crippen LogP contribution is -2.31. The number of benzene rings is 4. The minimum atomic E-state index is -0.668. The third-order valence-corrected chi connectivity index (χ3v) is 6.09. The molecule has 5 heteroatoms. The highest BCUT2D eigenvalue weighted by Crippen LogP contribution is 2.28. The fourth-order valence-electron chi connectivity index (χ4n) is 4.18. The van der Waals surface area contributed by atoms with Crippen molar-refractivity contribution in [2.75, 3.05) is 16.8 Å². The number of amides is 2. The smallest absolute Gasteiger partial charge is 0.265 e. The number of anilines is 2. The molecule has 1 N–H and O–H groups in total. The first-order valence-electron chi connectivity index (χ1n) is 11.8. The molecule has 4 rings (SSSR count). The molecule has 178 valence electrons. The van der Waals surface area contributed by atoms with Crippen molar-refractivity contribution in [2.24, 2.45) is 0 Å². The molecule has 35 heavy (non-hydrogen) atoms. The molecule has 0 radical (unpaired) electrons. The van der Waals surface area contributed by atoms with Crippen molar-refractivity contribution in [2.45, 2.75) is 33.8 Å². The fraction of sp³-hybridized carbons (Fsp3) is 0.200. The summed E-state index contributed by atoms with van der Waals surface area (Å²) < 4.78 is 5.93. The Morgan fingerprint density at radius 1 is 0.857 bits per heavy atom. The maximum absolute atomic E-state index is 13.3. The van der Waals surface area contributed by atoms with Crippen LogP contribution in [0.15, 0.2) is 84.9 Å². The van der Waals surface area contributed by atoms with Crippen molar-refractivity contribution >= 4 is 34.0 Å². The molecule has 0 fully saturated rings. The van der Waals surface area contributed by atoms with Gasteiger partial charge in [0.2, 0.25) is 0 Å². The van der Waals surface area contributed by atoms with Gasteiger partial charge in [0.05, 0.1) is 5.69 Å². The van der Waals surface area contributed by atoms with Crippen LogP contribution in [0.2, 0.25) is 0 Å². The summed E-state index contributed by atoms with van der Waals surface area (Å²) in [5.74, 6) is 0.385. The van der Waals surface area contributed by atoms with Gasteiger partial charge in [0.25, 0.3) is 11.8 Å². The molecule has 1 atom stereocenters. The number of nitrogens with one attached hydrogen (secondary N) is 1. The monoisotopic (exact) mass is 466 g/mol. The number of ether oxygens (including phenoxy) is 1. The second-order valence-corrected chi connectivity index (χ2v) is 8.60. The van der Waals surface area contributed by atoms with E-state index >= 15 is 0 Å². The van der Waals surface area contributed by atoms with E-state index < -0.39 is 6.10 Å². The molecule has 0 aliphatic rings. The molecule has 2 amide bonds. The summed E-state index contributed by atoms with van der Waals surface area (Å²) in [5.41, 5.74) is 4.01. The van der Waals surface area contributed by atoms with Crippen LogP contribution < -0.4 is 15.0 Å². The molecule has 0 aliphatic heterocycles. The van der Waals surface area contributed by atoms with Gasteiger partial charge in [-0.15, -0.1) is 0 Å². The number of hydrogen-bond acceptors (Lipinski definition) is 3. The van der Waals surface area contributed by atoms with Crippen LogP contribution in [0.4, 0.5) is 11.4 Å². The van der Waals surface area contributed by atoms with Gasteiger partial charge in [0.15, 0.2) is 6.10 Å². The molecule has 4 aromatic carbocycles. The van der Waals surface area contributed by atoms with E-state index in [1.165, 1.54) is 0 Å². The number of aryl methyl sites for hydroxylation is 2. The Labute approximate surface area is 206 Å². The lowest BCUT2D eigenvalue weighted by Gasteiger charge is -2.23. The molecule has 0 spiro atoms. The van der Waals surface area contributed by atoms with Gasteiger partial charge in [0, 0.05) is 23.2 Å². The Morgan fingerprint density at radius 3 is 2.17 bits per heavy atom. The number of para-hydroxylation sites is 1. The lowest BCUT2D eigenvalue weighted by molar-refractivity contribution is -0.122. The van der Waals surface area contributed by atoms with E-state index in [9.17, 15) is 9.59 Å². The molecule has 5 nitrogen and oxygen atoms in total. The molecule has 0 aromatic heterocycles. The highest BCUT2D eigenvalue weighted by Gasteiger charge is 2.20. The number of fused-ring (bicyclic) bond motifs is 1. The highest BCUT2D eigenvalue weighted by atomic mass is 16.5. The molecular weight excluding hydrogens is 436 g/mol. The van der Waals surface area contributed by atoms with Crippen LogP contribution in [0, 0.1) is 13.8 Å². The third kappa shape index (κ3) is 5.19. The molecule has 4 aromatic rings. The van der Waals surface area contributed by atoms with Crippen LogP contribution in [0.3, 0.4) is 0 Å². The highest BCUT2D eigenvalue weighted by molar-refractivity contribution is 6.11. The van der Waals surface area contributed by atoms with Crippen molar-refractivity contribution in [1.82, 2.24) is 0 Å². The number of carbonyl (C=O) groups is 2. The summed E-state index contributed by atoms with van der Waals surface area (Å²) in [5, 5.41) is 5.00. The van der Waals surface area contributed by atoms with E-state index in [2.05, 4.69) is 5.32 Å². The molecule has 1 unspecified atom stereocenters. The SMILES string of the molecule is CCN(C(=O)c1ccc(NC(=O)C(C)Oc2c(C)cccc2C)cc1)c1cccc2ccccc12. The van der Waals surface area contributed by atoms with Crippen molar-refractivity contribution in [3.63, 3.8) is 0 Å². The van der Waals surface area contributed by atoms with Gasteiger partial charge in [-0.25, -0.2) is 0 Å². The lowest BCUT2D eigenvalue weighted by atomic mass is 10.1. The zero-order chi connectivity index (χ0) is 24.9. The van der Waals surface area contributed by atoms with Crippen LogP contribution in [0.5, 0.6) is 5.75 Å². The first-order valence-corrected chi connectivity index (χ1v) is 11.8. The van der Waals surface area contributed by atoms with Gasteiger partial charge in [-0.3, -0.25) is 9.59 Å². The van der Waals surface area contributed by atoms with Crippen molar-refractivity contribution < 1.29 is 14.3 Å². The molecule has 0 saturated carbocycles. The summed E-state index contributed by atoms with van der Waals surface area (Å²) in [6.45, 7) is 8.15. The minimum absolute atomic E-state index is 0.0894. The molecule has 0 saturated heterocycles. The first kappa shape index (κ1) is 24.0. The summed E-state index contributed by atoms with van der Waals surface area (Å²) in [6.07, 6.45) is -0.668. The van der Waals surface area contributed by atoms with E-state index in [-0.39, 0.29) is 11.8 Å². The maximum atomic E-state index is 13.3. The van der Waals surface area contributed by atoms with E-state index in [1.807, 2.05) is 81.4 Å². The Balaban J connectivity index is 1.47. The van der Waals surface area contributed by atoms with Crippen molar-refractivity contribution in [3.8, 4) is 5.75 Å². The van der Waals surface area contributed by atoms with Crippen LogP contribution >= 0.6 is 0 Å². The molecule has 0 heterocycles. The molecule has 0 aliphatic carbocycles. The second kappa shape index (κ2) is 10.4. The summed E-state index contributed by atoms with van der Waals surface area (Å²) >= 11 is 0. The topological polar surface area (TPSA) is 58.6 Å². The zero-order valence-electron chi connectivity index (χ0n) is 20.5. The Kier molecular flexibility index (Phi) is 7.16. The summed E-state index contributed by atoms with van der Waals surface area (Å²) in [6, 6.07) is 26.9. The largest absolute Gasteiger partial charge is 0.480 e. The summed E-state index contributed by atoms with van der Waals surface area (Å²) in [4.78, 5) is 27.8. The number of nitrogens with zero attached hydrogens (tertiary/aromatic N) is 1. The van der Waals surface area contributed by atoms with Crippen LogP contribution in [0.25, 0.3) is 10.8 Å². The van der Waals surface area contributed by atoms with Crippen LogP contribution in [0.1, 0.15) is 35.3 Å². The number of carbonyl (C=O) groups excluding carboxylic acids is 2. The Morgan fingerprint density at radius 2 is 1.49 bits per heavy atom. The van der Waals surface area contributed by atoms with Gasteiger partial charge in [0.1, 0.15) is 5.75 Å². The van der Waals surface area contributed by atoms with E-state index in [4.69, 9.17) is 4.74 Å². The van der Waals surface area contributed by atoms with E-state index in [0.29, 0.717) is 17.8 Å². The average Bonchev–Trinajstić information content (AvgIpc) is 2.87. The normalized spacial score (nSPS) is 11.7. The van der Waals surface area contributed by atoms with Gasteiger partial charge in [-0.1, -0.05) is 54.6 Å².